The van der Waals surface area contributed by atoms with Crippen LogP contribution in [0.2, 0.25) is 0 Å². The van der Waals surface area contributed by atoms with Crippen molar-refractivity contribution in [1.82, 2.24) is 0 Å². The zero-order valence-electron chi connectivity index (χ0n) is 6.50. The summed E-state index contributed by atoms with van der Waals surface area (Å²) in [4.78, 5) is 10.1. The minimum absolute atomic E-state index is 0.0242. The van der Waals surface area contributed by atoms with Crippen molar-refractivity contribution in [2.75, 3.05) is 0 Å². The van der Waals surface area contributed by atoms with Crippen LogP contribution in [0.4, 0.5) is 0 Å². The van der Waals surface area contributed by atoms with Crippen LogP contribution in [0.25, 0.3) is 0 Å². The molecule has 0 aliphatic heterocycles. The van der Waals surface area contributed by atoms with E-state index in [1.54, 1.807) is 0 Å². The highest BCUT2D eigenvalue weighted by molar-refractivity contribution is 5.66. The zero-order valence-corrected chi connectivity index (χ0v) is 6.50. The first kappa shape index (κ1) is 9.43. The second-order valence-corrected chi connectivity index (χ2v) is 2.84. The molecule has 0 saturated carbocycles. The van der Waals surface area contributed by atoms with E-state index in [1.165, 1.54) is 0 Å². The second kappa shape index (κ2) is 4.28. The lowest BCUT2D eigenvalue weighted by molar-refractivity contribution is -0.137. The van der Waals surface area contributed by atoms with E-state index >= 15 is 0 Å². The SMILES string of the molecule is CC(C)C(N)CCC(=O)O. The van der Waals surface area contributed by atoms with Gasteiger partial charge in [-0.1, -0.05) is 13.8 Å². The summed E-state index contributed by atoms with van der Waals surface area (Å²) in [6.07, 6.45) is 0.756. The van der Waals surface area contributed by atoms with E-state index in [-0.39, 0.29) is 12.5 Å². The maximum absolute atomic E-state index is 10.1. The van der Waals surface area contributed by atoms with Crippen molar-refractivity contribution >= 4 is 5.97 Å². The summed E-state index contributed by atoms with van der Waals surface area (Å²) in [6, 6.07) is 0.0242. The van der Waals surface area contributed by atoms with E-state index in [2.05, 4.69) is 0 Å². The third-order valence-electron chi connectivity index (χ3n) is 1.55. The van der Waals surface area contributed by atoms with Gasteiger partial charge in [0.05, 0.1) is 0 Å². The van der Waals surface area contributed by atoms with Gasteiger partial charge in [-0.05, 0) is 12.3 Å². The molecule has 3 nitrogen and oxygen atoms in total. The molecule has 0 saturated heterocycles. The van der Waals surface area contributed by atoms with Crippen molar-refractivity contribution in [2.45, 2.75) is 32.7 Å². The Hall–Kier alpha value is -0.570. The number of aliphatic carboxylic acids is 1. The number of rotatable bonds is 4. The predicted molar refractivity (Wildman–Crippen MR) is 39.7 cm³/mol. The molecule has 0 aliphatic carbocycles. The van der Waals surface area contributed by atoms with Crippen molar-refractivity contribution in [3.05, 3.63) is 0 Å². The van der Waals surface area contributed by atoms with E-state index < -0.39 is 5.97 Å². The Morgan fingerprint density at radius 1 is 1.60 bits per heavy atom. The molecule has 0 radical (unpaired) electrons. The van der Waals surface area contributed by atoms with Crippen molar-refractivity contribution in [2.24, 2.45) is 11.7 Å². The molecule has 3 heteroatoms. The number of nitrogens with two attached hydrogens (primary N) is 1. The summed E-state index contributed by atoms with van der Waals surface area (Å²) in [6.45, 7) is 3.99. The van der Waals surface area contributed by atoms with Gasteiger partial charge >= 0.3 is 5.97 Å². The van der Waals surface area contributed by atoms with Crippen LogP contribution >= 0.6 is 0 Å². The fraction of sp³-hybridized carbons (Fsp3) is 0.857. The number of carboxylic acids is 1. The first-order valence-corrected chi connectivity index (χ1v) is 3.51. The van der Waals surface area contributed by atoms with Crippen molar-refractivity contribution in [3.63, 3.8) is 0 Å². The van der Waals surface area contributed by atoms with Crippen molar-refractivity contribution in [1.29, 1.82) is 0 Å². The standard InChI is InChI=1S/C7H15NO2/c1-5(2)6(8)3-4-7(9)10/h5-6H,3-4,8H2,1-2H3,(H,9,10). The van der Waals surface area contributed by atoms with Crippen LogP contribution in [0.3, 0.4) is 0 Å². The van der Waals surface area contributed by atoms with Crippen LogP contribution in [-0.2, 0) is 4.79 Å². The van der Waals surface area contributed by atoms with E-state index in [0.717, 1.165) is 0 Å². The fourth-order valence-corrected chi connectivity index (χ4v) is 0.623. The second-order valence-electron chi connectivity index (χ2n) is 2.84. The Labute approximate surface area is 61.2 Å². The van der Waals surface area contributed by atoms with Crippen LogP contribution in [0, 0.1) is 5.92 Å². The van der Waals surface area contributed by atoms with Crippen LogP contribution in [0.15, 0.2) is 0 Å². The fourth-order valence-electron chi connectivity index (χ4n) is 0.623. The molecule has 60 valence electrons. The smallest absolute Gasteiger partial charge is 0.303 e. The lowest BCUT2D eigenvalue weighted by atomic mass is 10.0. The summed E-state index contributed by atoms with van der Waals surface area (Å²) < 4.78 is 0. The molecule has 0 aromatic rings. The summed E-state index contributed by atoms with van der Waals surface area (Å²) in [5, 5.41) is 8.29. The third kappa shape index (κ3) is 4.32. The Morgan fingerprint density at radius 2 is 2.10 bits per heavy atom. The van der Waals surface area contributed by atoms with E-state index in [4.69, 9.17) is 10.8 Å². The van der Waals surface area contributed by atoms with Crippen LogP contribution in [0.5, 0.6) is 0 Å². The van der Waals surface area contributed by atoms with Crippen LogP contribution < -0.4 is 5.73 Å². The summed E-state index contributed by atoms with van der Waals surface area (Å²) in [5.41, 5.74) is 5.60. The number of carboxylic acid groups (broad SMARTS) is 1. The first-order chi connectivity index (χ1) is 4.54. The summed E-state index contributed by atoms with van der Waals surface area (Å²) in [7, 11) is 0. The molecule has 0 spiro atoms. The van der Waals surface area contributed by atoms with Crippen molar-refractivity contribution < 1.29 is 9.90 Å². The highest BCUT2D eigenvalue weighted by atomic mass is 16.4. The molecular formula is C7H15NO2. The average Bonchev–Trinajstić information content (AvgIpc) is 1.82. The van der Waals surface area contributed by atoms with Gasteiger partial charge in [-0.15, -0.1) is 0 Å². The molecule has 0 amide bonds. The van der Waals surface area contributed by atoms with Gasteiger partial charge in [-0.3, -0.25) is 4.79 Å². The normalized spacial score (nSPS) is 13.6. The molecular weight excluding hydrogens is 130 g/mol. The Balaban J connectivity index is 3.39. The number of hydrogen-bond donors (Lipinski definition) is 2. The third-order valence-corrected chi connectivity index (χ3v) is 1.55. The molecule has 0 aromatic carbocycles. The van der Waals surface area contributed by atoms with Crippen LogP contribution in [0.1, 0.15) is 26.7 Å². The average molecular weight is 145 g/mol. The minimum atomic E-state index is -0.767. The molecule has 0 heterocycles. The van der Waals surface area contributed by atoms with Gasteiger partial charge in [-0.2, -0.15) is 0 Å². The highest BCUT2D eigenvalue weighted by Gasteiger charge is 2.08. The van der Waals surface area contributed by atoms with Crippen molar-refractivity contribution in [3.8, 4) is 0 Å². The molecule has 0 aromatic heterocycles. The maximum atomic E-state index is 10.1. The molecule has 1 unspecified atom stereocenters. The molecule has 0 bridgehead atoms. The molecule has 0 rings (SSSR count). The van der Waals surface area contributed by atoms with Gasteiger partial charge in [0.15, 0.2) is 0 Å². The van der Waals surface area contributed by atoms with E-state index in [1.807, 2.05) is 13.8 Å². The van der Waals surface area contributed by atoms with Gasteiger partial charge in [0.2, 0.25) is 0 Å². The lowest BCUT2D eigenvalue weighted by Gasteiger charge is -2.13. The molecule has 1 atom stereocenters. The van der Waals surface area contributed by atoms with Gasteiger partial charge in [0.25, 0.3) is 0 Å². The molecule has 10 heavy (non-hydrogen) atoms. The Bertz CT molecular complexity index is 112. The van der Waals surface area contributed by atoms with E-state index in [9.17, 15) is 4.79 Å². The van der Waals surface area contributed by atoms with Gasteiger partial charge in [0.1, 0.15) is 0 Å². The molecule has 3 N–H and O–H groups in total. The molecule has 0 aliphatic rings. The van der Waals surface area contributed by atoms with Gasteiger partial charge in [-0.25, -0.2) is 0 Å². The monoisotopic (exact) mass is 145 g/mol. The van der Waals surface area contributed by atoms with Crippen LogP contribution in [-0.4, -0.2) is 17.1 Å². The topological polar surface area (TPSA) is 63.3 Å². The zero-order chi connectivity index (χ0) is 8.15. The number of carbonyl (C=O) groups is 1. The predicted octanol–water partition coefficient (Wildman–Crippen LogP) is 0.834. The summed E-state index contributed by atoms with van der Waals surface area (Å²) >= 11 is 0. The minimum Gasteiger partial charge on any atom is -0.481 e. The largest absolute Gasteiger partial charge is 0.481 e. The maximum Gasteiger partial charge on any atom is 0.303 e. The highest BCUT2D eigenvalue weighted by Crippen LogP contribution is 2.04. The Morgan fingerprint density at radius 3 is 2.40 bits per heavy atom. The number of hydrogen-bond acceptors (Lipinski definition) is 2. The van der Waals surface area contributed by atoms with Gasteiger partial charge < -0.3 is 10.8 Å². The molecule has 0 fully saturated rings. The first-order valence-electron chi connectivity index (χ1n) is 3.51. The van der Waals surface area contributed by atoms with Gasteiger partial charge in [0, 0.05) is 12.5 Å². The lowest BCUT2D eigenvalue weighted by Crippen LogP contribution is -2.26. The van der Waals surface area contributed by atoms with E-state index in [0.29, 0.717) is 12.3 Å². The quantitative estimate of drug-likeness (QED) is 0.616. The summed E-state index contributed by atoms with van der Waals surface area (Å²) in [5.74, 6) is -0.393. The Kier molecular flexibility index (Phi) is 4.03.